The number of fused-ring (bicyclic) bond motifs is 3. The molecule has 0 radical (unpaired) electrons. The highest BCUT2D eigenvalue weighted by Crippen LogP contribution is 2.35. The normalized spacial score (nSPS) is 11.2. The summed E-state index contributed by atoms with van der Waals surface area (Å²) in [4.78, 5) is 3.54. The highest BCUT2D eigenvalue weighted by Gasteiger charge is 2.17. The van der Waals surface area contributed by atoms with E-state index in [0.29, 0.717) is 5.69 Å². The van der Waals surface area contributed by atoms with E-state index < -0.39 is 0 Å². The molecule has 3 heteroatoms. The van der Waals surface area contributed by atoms with Crippen LogP contribution in [0.1, 0.15) is 16.7 Å². The van der Waals surface area contributed by atoms with Crippen molar-refractivity contribution in [2.45, 2.75) is 20.8 Å². The maximum atomic E-state index is 7.25. The fraction of sp³-hybridized carbons (Fsp3) is 0.182. The molecule has 2 aromatic carbocycles. The average molecular weight is 327 g/mol. The van der Waals surface area contributed by atoms with Gasteiger partial charge in [0, 0.05) is 28.0 Å². The Kier molecular flexibility index (Phi) is 3.36. The van der Waals surface area contributed by atoms with Crippen molar-refractivity contribution < 1.29 is 8.98 Å². The van der Waals surface area contributed by atoms with Crippen LogP contribution in [0.3, 0.4) is 0 Å². The van der Waals surface area contributed by atoms with E-state index >= 15 is 0 Å². The van der Waals surface area contributed by atoms with Crippen LogP contribution in [0, 0.1) is 27.3 Å². The Labute approximate surface area is 147 Å². The van der Waals surface area contributed by atoms with Crippen LogP contribution in [0.15, 0.2) is 47.0 Å². The molecule has 0 saturated carbocycles. The molecule has 3 nitrogen and oxygen atoms in total. The van der Waals surface area contributed by atoms with Crippen LogP contribution < -0.4 is 4.57 Å². The lowest BCUT2D eigenvalue weighted by atomic mass is 9.99. The summed E-state index contributed by atoms with van der Waals surface area (Å²) in [5.41, 5.74) is 8.42. The molecule has 2 heterocycles. The second kappa shape index (κ2) is 5.46. The van der Waals surface area contributed by atoms with Crippen molar-refractivity contribution in [2.75, 3.05) is 0 Å². The minimum Gasteiger partial charge on any atom is -0.456 e. The van der Waals surface area contributed by atoms with Crippen molar-refractivity contribution in [3.63, 3.8) is 0 Å². The topological polar surface area (TPSA) is 21.4 Å². The summed E-state index contributed by atoms with van der Waals surface area (Å²) in [5.74, 6) is 0. The van der Waals surface area contributed by atoms with E-state index in [1.165, 1.54) is 27.9 Å². The van der Waals surface area contributed by atoms with Crippen LogP contribution in [-0.4, -0.2) is 0 Å². The largest absolute Gasteiger partial charge is 0.456 e. The first-order valence-corrected chi connectivity index (χ1v) is 8.29. The van der Waals surface area contributed by atoms with Crippen molar-refractivity contribution in [1.29, 1.82) is 0 Å². The van der Waals surface area contributed by atoms with Gasteiger partial charge in [-0.2, -0.15) is 0 Å². The van der Waals surface area contributed by atoms with Crippen molar-refractivity contribution in [3.8, 4) is 11.3 Å². The van der Waals surface area contributed by atoms with E-state index in [1.807, 2.05) is 12.1 Å². The smallest absolute Gasteiger partial charge is 0.212 e. The number of hydrogen-bond donors (Lipinski definition) is 0. The van der Waals surface area contributed by atoms with Gasteiger partial charge in [-0.05, 0) is 56.2 Å². The molecule has 0 saturated heterocycles. The van der Waals surface area contributed by atoms with Gasteiger partial charge in [0.05, 0.1) is 6.57 Å². The predicted octanol–water partition coefficient (Wildman–Crippen LogP) is 5.55. The monoisotopic (exact) mass is 327 g/mol. The third kappa shape index (κ3) is 2.38. The zero-order valence-corrected chi connectivity index (χ0v) is 14.8. The van der Waals surface area contributed by atoms with E-state index in [4.69, 9.17) is 11.0 Å². The van der Waals surface area contributed by atoms with Gasteiger partial charge in [-0.15, -0.1) is 0 Å². The highest BCUT2D eigenvalue weighted by atomic mass is 16.3. The molecule has 0 spiro atoms. The van der Waals surface area contributed by atoms with Crippen LogP contribution >= 0.6 is 0 Å². The number of furan rings is 1. The van der Waals surface area contributed by atoms with E-state index in [1.54, 1.807) is 6.07 Å². The average Bonchev–Trinajstić information content (AvgIpc) is 2.93. The molecule has 0 aliphatic rings. The fourth-order valence-corrected chi connectivity index (χ4v) is 3.41. The molecule has 4 aromatic rings. The lowest BCUT2D eigenvalue weighted by Gasteiger charge is -2.07. The van der Waals surface area contributed by atoms with Gasteiger partial charge < -0.3 is 4.42 Å². The van der Waals surface area contributed by atoms with Gasteiger partial charge in [-0.25, -0.2) is 9.41 Å². The van der Waals surface area contributed by atoms with Crippen LogP contribution in [-0.2, 0) is 7.05 Å². The van der Waals surface area contributed by atoms with Gasteiger partial charge in [0.25, 0.3) is 0 Å². The predicted molar refractivity (Wildman–Crippen MR) is 101 cm³/mol. The summed E-state index contributed by atoms with van der Waals surface area (Å²) >= 11 is 0. The zero-order chi connectivity index (χ0) is 17.7. The Morgan fingerprint density at radius 3 is 2.40 bits per heavy atom. The maximum absolute atomic E-state index is 7.25. The SMILES string of the molecule is [C-]#[N+]c1ccc2oc3cc(C)c(-c4cc(C)c(C)c[n+]4C)cc3c2c1. The number of aromatic nitrogens is 1. The van der Waals surface area contributed by atoms with E-state index in [-0.39, 0.29) is 0 Å². The number of nitrogens with zero attached hydrogens (tertiary/aromatic N) is 2. The van der Waals surface area contributed by atoms with Crippen LogP contribution in [0.25, 0.3) is 38.0 Å². The highest BCUT2D eigenvalue weighted by molar-refractivity contribution is 6.07. The first-order valence-electron chi connectivity index (χ1n) is 8.29. The minimum absolute atomic E-state index is 0.633. The summed E-state index contributed by atoms with van der Waals surface area (Å²) in [5, 5.41) is 2.05. The first kappa shape index (κ1) is 15.4. The molecule has 0 aliphatic carbocycles. The van der Waals surface area contributed by atoms with E-state index in [9.17, 15) is 0 Å². The second-order valence-corrected chi connectivity index (χ2v) is 6.69. The van der Waals surface area contributed by atoms with Gasteiger partial charge in [0.2, 0.25) is 5.69 Å². The van der Waals surface area contributed by atoms with Crippen LogP contribution in [0.4, 0.5) is 5.69 Å². The fourth-order valence-electron chi connectivity index (χ4n) is 3.41. The summed E-state index contributed by atoms with van der Waals surface area (Å²) in [6.07, 6.45) is 2.17. The molecule has 0 fully saturated rings. The van der Waals surface area contributed by atoms with Gasteiger partial charge in [0.1, 0.15) is 18.2 Å². The molecule has 0 bridgehead atoms. The van der Waals surface area contributed by atoms with Gasteiger partial charge in [-0.3, -0.25) is 0 Å². The molecule has 0 aliphatic heterocycles. The minimum atomic E-state index is 0.633. The standard InChI is InChI=1S/C22H19N2O/c1-13-8-20(24(5)12-15(13)3)17-11-19-18-10-16(23-4)6-7-21(18)25-22(19)9-14(17)2/h6-12H,1-3,5H3/q+1. The van der Waals surface area contributed by atoms with Gasteiger partial charge in [-0.1, -0.05) is 6.07 Å². The van der Waals surface area contributed by atoms with Crippen LogP contribution in [0.2, 0.25) is 0 Å². The molecule has 0 atom stereocenters. The van der Waals surface area contributed by atoms with Gasteiger partial charge in [0.15, 0.2) is 11.9 Å². The first-order chi connectivity index (χ1) is 12.0. The van der Waals surface area contributed by atoms with Crippen LogP contribution in [0.5, 0.6) is 0 Å². The Morgan fingerprint density at radius 2 is 1.64 bits per heavy atom. The zero-order valence-electron chi connectivity index (χ0n) is 14.8. The third-order valence-corrected chi connectivity index (χ3v) is 4.95. The Balaban J connectivity index is 2.05. The van der Waals surface area contributed by atoms with E-state index in [0.717, 1.165) is 21.9 Å². The molecule has 4 rings (SSSR count). The molecule has 0 amide bonds. The van der Waals surface area contributed by atoms with E-state index in [2.05, 4.69) is 61.6 Å². The van der Waals surface area contributed by atoms with Crippen molar-refractivity contribution >= 4 is 27.6 Å². The lowest BCUT2D eigenvalue weighted by molar-refractivity contribution is -0.660. The molecular formula is C22H19N2O+. The number of rotatable bonds is 1. The number of aryl methyl sites for hydroxylation is 4. The number of hydrogen-bond acceptors (Lipinski definition) is 1. The second-order valence-electron chi connectivity index (χ2n) is 6.69. The molecule has 122 valence electrons. The van der Waals surface area contributed by atoms with Crippen molar-refractivity contribution in [3.05, 3.63) is 70.7 Å². The summed E-state index contributed by atoms with van der Waals surface area (Å²) < 4.78 is 8.16. The van der Waals surface area contributed by atoms with Crippen molar-refractivity contribution in [1.82, 2.24) is 0 Å². The Hall–Kier alpha value is -3.12. The molecule has 0 unspecified atom stereocenters. The summed E-state index contributed by atoms with van der Waals surface area (Å²) in [6.45, 7) is 13.6. The maximum Gasteiger partial charge on any atom is 0.212 e. The molecule has 0 N–H and O–H groups in total. The molecule has 2 aromatic heterocycles. The summed E-state index contributed by atoms with van der Waals surface area (Å²) in [7, 11) is 2.08. The Morgan fingerprint density at radius 1 is 0.880 bits per heavy atom. The van der Waals surface area contributed by atoms with Gasteiger partial charge >= 0.3 is 0 Å². The third-order valence-electron chi connectivity index (χ3n) is 4.95. The number of benzene rings is 2. The summed E-state index contributed by atoms with van der Waals surface area (Å²) in [6, 6.07) is 12.1. The van der Waals surface area contributed by atoms with Crippen molar-refractivity contribution in [2.24, 2.45) is 7.05 Å². The molecular weight excluding hydrogens is 308 g/mol. The Bertz CT molecular complexity index is 1190. The quantitative estimate of drug-likeness (QED) is 0.331. The lowest BCUT2D eigenvalue weighted by Crippen LogP contribution is -2.31. The number of pyridine rings is 1. The molecule has 25 heavy (non-hydrogen) atoms.